The largest absolute Gasteiger partial charge is 0.354 e. The van der Waals surface area contributed by atoms with Crippen LogP contribution in [0.3, 0.4) is 0 Å². The fraction of sp³-hybridized carbons (Fsp3) is 0.833. The number of amides is 3. The van der Waals surface area contributed by atoms with Crippen molar-refractivity contribution in [3.8, 4) is 0 Å². The topological polar surface area (TPSA) is 98.7 Å². The molecule has 0 aromatic rings. The molecule has 1 heterocycles. The van der Waals surface area contributed by atoms with Gasteiger partial charge in [0.05, 0.1) is 5.92 Å². The molecule has 8 heteroatoms. The van der Waals surface area contributed by atoms with Gasteiger partial charge in [0, 0.05) is 13.1 Å². The Balaban J connectivity index is 2.77. The van der Waals surface area contributed by atoms with Crippen LogP contribution in [-0.2, 0) is 14.4 Å². The van der Waals surface area contributed by atoms with Gasteiger partial charge in [-0.3, -0.25) is 19.6 Å². The Labute approximate surface area is 154 Å². The summed E-state index contributed by atoms with van der Waals surface area (Å²) in [5, 5.41) is 11.5. The Hall–Kier alpha value is -1.70. The molecule has 0 aromatic heterocycles. The number of likely N-dealkylation sites (tertiary alicyclic amines) is 1. The van der Waals surface area contributed by atoms with Crippen molar-refractivity contribution in [3.63, 3.8) is 0 Å². The quantitative estimate of drug-likeness (QED) is 0.293. The number of carbonyl (C=O) groups excluding carboxylic acids is 3. The lowest BCUT2D eigenvalue weighted by molar-refractivity contribution is -0.149. The Kier molecular flexibility index (Phi) is 10.2. The molecule has 3 N–H and O–H groups in total. The van der Waals surface area contributed by atoms with E-state index in [9.17, 15) is 18.8 Å². The van der Waals surface area contributed by atoms with E-state index >= 15 is 0 Å². The number of unbranched alkanes of at least 4 members (excludes halogenated alkanes) is 3. The first kappa shape index (κ1) is 22.3. The van der Waals surface area contributed by atoms with Gasteiger partial charge in [-0.25, -0.2) is 9.87 Å². The minimum Gasteiger partial charge on any atom is -0.354 e. The third kappa shape index (κ3) is 6.23. The highest BCUT2D eigenvalue weighted by Gasteiger charge is 2.41. The van der Waals surface area contributed by atoms with Crippen LogP contribution in [0, 0.1) is 5.92 Å². The van der Waals surface area contributed by atoms with Crippen molar-refractivity contribution in [2.75, 3.05) is 13.1 Å². The summed E-state index contributed by atoms with van der Waals surface area (Å²) >= 11 is 0. The van der Waals surface area contributed by atoms with Crippen LogP contribution in [0.25, 0.3) is 0 Å². The number of alkyl halides is 1. The van der Waals surface area contributed by atoms with E-state index in [0.29, 0.717) is 32.4 Å². The van der Waals surface area contributed by atoms with E-state index < -0.39 is 29.9 Å². The Morgan fingerprint density at radius 2 is 1.88 bits per heavy atom. The van der Waals surface area contributed by atoms with Crippen LogP contribution in [-0.4, -0.2) is 53.1 Å². The van der Waals surface area contributed by atoms with Gasteiger partial charge in [0.25, 0.3) is 5.91 Å². The van der Waals surface area contributed by atoms with Crippen LogP contribution in [0.1, 0.15) is 65.2 Å². The molecule has 0 aliphatic carbocycles. The van der Waals surface area contributed by atoms with Gasteiger partial charge >= 0.3 is 0 Å². The molecule has 0 saturated carbocycles. The molecule has 0 bridgehead atoms. The molecule has 1 saturated heterocycles. The summed E-state index contributed by atoms with van der Waals surface area (Å²) in [5.41, 5.74) is 1.28. The van der Waals surface area contributed by atoms with Crippen molar-refractivity contribution in [1.29, 1.82) is 0 Å². The van der Waals surface area contributed by atoms with E-state index in [2.05, 4.69) is 12.2 Å². The number of hydrogen-bond acceptors (Lipinski definition) is 4. The molecule has 150 valence electrons. The fourth-order valence-electron chi connectivity index (χ4n) is 3.28. The Bertz CT molecular complexity index is 475. The van der Waals surface area contributed by atoms with Crippen molar-refractivity contribution in [1.82, 2.24) is 15.7 Å². The highest BCUT2D eigenvalue weighted by atomic mass is 19.1. The normalized spacial score (nSPS) is 19.1. The number of halogens is 1. The third-order valence-electron chi connectivity index (χ3n) is 4.82. The molecule has 3 amide bonds. The van der Waals surface area contributed by atoms with E-state index in [4.69, 9.17) is 5.21 Å². The zero-order chi connectivity index (χ0) is 19.5. The van der Waals surface area contributed by atoms with Crippen molar-refractivity contribution in [3.05, 3.63) is 0 Å². The Morgan fingerprint density at radius 3 is 2.50 bits per heavy atom. The molecule has 0 aromatic carbocycles. The van der Waals surface area contributed by atoms with Crippen LogP contribution in [0.2, 0.25) is 0 Å². The Morgan fingerprint density at radius 1 is 1.19 bits per heavy atom. The van der Waals surface area contributed by atoms with Crippen molar-refractivity contribution < 1.29 is 24.0 Å². The molecular weight excluding hydrogens is 341 g/mol. The number of nitrogens with zero attached hydrogens (tertiary/aromatic N) is 1. The molecule has 3 atom stereocenters. The van der Waals surface area contributed by atoms with E-state index in [-0.39, 0.29) is 12.3 Å². The first-order valence-electron chi connectivity index (χ1n) is 9.64. The first-order valence-corrected chi connectivity index (χ1v) is 9.64. The van der Waals surface area contributed by atoms with Crippen LogP contribution < -0.4 is 10.8 Å². The van der Waals surface area contributed by atoms with Gasteiger partial charge in [-0.2, -0.15) is 0 Å². The maximum atomic E-state index is 14.4. The van der Waals surface area contributed by atoms with E-state index in [0.717, 1.165) is 25.7 Å². The van der Waals surface area contributed by atoms with E-state index in [1.165, 1.54) is 10.4 Å². The molecule has 1 fully saturated rings. The third-order valence-corrected chi connectivity index (χ3v) is 4.82. The van der Waals surface area contributed by atoms with Crippen molar-refractivity contribution >= 4 is 17.7 Å². The number of nitrogens with one attached hydrogen (secondary N) is 2. The summed E-state index contributed by atoms with van der Waals surface area (Å²) in [7, 11) is 0. The SMILES string of the molecule is CCCCCNC(=O)C1CCCN1C(=O)[C@H](CCCC)[C@H](F)C(=O)NO. The second-order valence-electron chi connectivity index (χ2n) is 6.81. The summed E-state index contributed by atoms with van der Waals surface area (Å²) in [6, 6.07) is -0.613. The predicted molar refractivity (Wildman–Crippen MR) is 95.1 cm³/mol. The van der Waals surface area contributed by atoms with E-state index in [1.54, 1.807) is 0 Å². The van der Waals surface area contributed by atoms with Crippen LogP contribution >= 0.6 is 0 Å². The molecule has 1 aliphatic rings. The zero-order valence-corrected chi connectivity index (χ0v) is 15.8. The van der Waals surface area contributed by atoms with Gasteiger partial charge in [-0.05, 0) is 25.7 Å². The molecule has 26 heavy (non-hydrogen) atoms. The number of hydrogen-bond donors (Lipinski definition) is 3. The lowest BCUT2D eigenvalue weighted by Gasteiger charge is -2.29. The summed E-state index contributed by atoms with van der Waals surface area (Å²) < 4.78 is 14.4. The molecular formula is C18H32FN3O4. The maximum Gasteiger partial charge on any atom is 0.278 e. The number of carbonyl (C=O) groups is 3. The van der Waals surface area contributed by atoms with E-state index in [1.807, 2.05) is 6.92 Å². The summed E-state index contributed by atoms with van der Waals surface area (Å²) in [5.74, 6) is -3.15. The molecule has 0 spiro atoms. The smallest absolute Gasteiger partial charge is 0.278 e. The molecule has 0 radical (unpaired) electrons. The highest BCUT2D eigenvalue weighted by Crippen LogP contribution is 2.25. The minimum absolute atomic E-state index is 0.200. The van der Waals surface area contributed by atoms with Crippen LogP contribution in [0.4, 0.5) is 4.39 Å². The number of hydroxylamine groups is 1. The highest BCUT2D eigenvalue weighted by molar-refractivity contribution is 5.92. The fourth-order valence-corrected chi connectivity index (χ4v) is 3.28. The first-order chi connectivity index (χ1) is 12.5. The van der Waals surface area contributed by atoms with Gasteiger partial charge in [0.2, 0.25) is 11.8 Å². The second kappa shape index (κ2) is 11.8. The monoisotopic (exact) mass is 373 g/mol. The molecule has 1 rings (SSSR count). The van der Waals surface area contributed by atoms with Crippen molar-refractivity contribution in [2.24, 2.45) is 5.92 Å². The van der Waals surface area contributed by atoms with Gasteiger partial charge in [0.15, 0.2) is 6.17 Å². The lowest BCUT2D eigenvalue weighted by atomic mass is 9.94. The van der Waals surface area contributed by atoms with Gasteiger partial charge in [0.1, 0.15) is 6.04 Å². The summed E-state index contributed by atoms with van der Waals surface area (Å²) in [4.78, 5) is 38.1. The van der Waals surface area contributed by atoms with Crippen molar-refractivity contribution in [2.45, 2.75) is 77.4 Å². The standard InChI is InChI=1S/C18H32FN3O4/c1-3-5-7-11-20-16(23)14-10-8-12-22(14)18(25)13(9-6-4-2)15(19)17(24)21-26/h13-15,26H,3-12H2,1-2H3,(H,20,23)(H,21,24)/t13-,14?,15+/m1/s1. The molecule has 1 aliphatic heterocycles. The lowest BCUT2D eigenvalue weighted by Crippen LogP contribution is -2.51. The van der Waals surface area contributed by atoms with Crippen LogP contribution in [0.5, 0.6) is 0 Å². The van der Waals surface area contributed by atoms with Gasteiger partial charge in [-0.15, -0.1) is 0 Å². The van der Waals surface area contributed by atoms with Crippen LogP contribution in [0.15, 0.2) is 0 Å². The predicted octanol–water partition coefficient (Wildman–Crippen LogP) is 1.93. The second-order valence-corrected chi connectivity index (χ2v) is 6.81. The summed E-state index contributed by atoms with van der Waals surface area (Å²) in [6.45, 7) is 4.92. The molecule has 1 unspecified atom stereocenters. The molecule has 7 nitrogen and oxygen atoms in total. The average Bonchev–Trinajstić information content (AvgIpc) is 3.14. The zero-order valence-electron chi connectivity index (χ0n) is 15.8. The minimum atomic E-state index is -2.13. The summed E-state index contributed by atoms with van der Waals surface area (Å²) in [6.07, 6.45) is 3.55. The average molecular weight is 373 g/mol. The van der Waals surface area contributed by atoms with Gasteiger partial charge < -0.3 is 10.2 Å². The maximum absolute atomic E-state index is 14.4. The van der Waals surface area contributed by atoms with Gasteiger partial charge in [-0.1, -0.05) is 39.5 Å². The number of rotatable bonds is 11.